The Bertz CT molecular complexity index is 1010. The molecule has 0 radical (unpaired) electrons. The highest BCUT2D eigenvalue weighted by molar-refractivity contribution is 7.97. The summed E-state index contributed by atoms with van der Waals surface area (Å²) in [6.07, 6.45) is 2.76. The van der Waals surface area contributed by atoms with Crippen molar-refractivity contribution in [3.8, 4) is 0 Å². The number of aryl methyl sites for hydroxylation is 2. The molecule has 0 spiro atoms. The van der Waals surface area contributed by atoms with Gasteiger partial charge in [-0.05, 0) is 36.8 Å². The molecule has 0 atom stereocenters. The molecule has 0 aliphatic heterocycles. The Labute approximate surface area is 168 Å². The van der Waals surface area contributed by atoms with Crippen LogP contribution < -0.4 is 5.32 Å². The van der Waals surface area contributed by atoms with Gasteiger partial charge in [-0.1, -0.05) is 43.3 Å². The predicted octanol–water partition coefficient (Wildman–Crippen LogP) is 4.96. The van der Waals surface area contributed by atoms with Crippen molar-refractivity contribution in [3.05, 3.63) is 64.9 Å². The van der Waals surface area contributed by atoms with Gasteiger partial charge in [0.05, 0.1) is 0 Å². The molecule has 0 aliphatic rings. The Morgan fingerprint density at radius 1 is 1.14 bits per heavy atom. The van der Waals surface area contributed by atoms with Crippen molar-refractivity contribution in [1.29, 1.82) is 0 Å². The number of nitrogens with one attached hydrogen (secondary N) is 1. The van der Waals surface area contributed by atoms with E-state index in [9.17, 15) is 9.59 Å². The average molecular weight is 397 g/mol. The zero-order valence-electron chi connectivity index (χ0n) is 16.2. The van der Waals surface area contributed by atoms with Gasteiger partial charge < -0.3 is 14.5 Å². The van der Waals surface area contributed by atoms with Gasteiger partial charge in [0, 0.05) is 22.4 Å². The lowest BCUT2D eigenvalue weighted by atomic mass is 10.1. The van der Waals surface area contributed by atoms with Gasteiger partial charge >= 0.3 is 5.97 Å². The van der Waals surface area contributed by atoms with Crippen LogP contribution in [0.3, 0.4) is 0 Å². The van der Waals surface area contributed by atoms with E-state index < -0.39 is 5.97 Å². The first kappa shape index (κ1) is 20.0. The van der Waals surface area contributed by atoms with Crippen LogP contribution >= 0.6 is 11.8 Å². The van der Waals surface area contributed by atoms with E-state index in [1.54, 1.807) is 11.8 Å². The molecule has 3 aromatic rings. The normalized spacial score (nSPS) is 10.8. The number of ether oxygens (including phenoxy) is 1. The third-order valence-corrected chi connectivity index (χ3v) is 5.09. The van der Waals surface area contributed by atoms with Crippen LogP contribution in [-0.2, 0) is 21.7 Å². The van der Waals surface area contributed by atoms with Gasteiger partial charge in [-0.2, -0.15) is 11.8 Å². The first-order valence-corrected chi connectivity index (χ1v) is 10.5. The minimum absolute atomic E-state index is 0.161. The number of hydrogen-bond donors (Lipinski definition) is 1. The highest BCUT2D eigenvalue weighted by Crippen LogP contribution is 2.29. The van der Waals surface area contributed by atoms with E-state index in [4.69, 9.17) is 9.15 Å². The van der Waals surface area contributed by atoms with Gasteiger partial charge in [0.1, 0.15) is 5.58 Å². The van der Waals surface area contributed by atoms with Crippen LogP contribution in [0, 0.1) is 6.92 Å². The standard InChI is InChI=1S/C22H23NO4S/c1-4-15-9-7-8-14(2)20(15)23-19(24)12-26-22(25)21-17(13-28-3)16-10-5-6-11-18(16)27-21/h5-11H,4,12-13H2,1-3H3,(H,23,24). The van der Waals surface area contributed by atoms with Crippen molar-refractivity contribution < 1.29 is 18.7 Å². The zero-order valence-corrected chi connectivity index (χ0v) is 17.0. The summed E-state index contributed by atoms with van der Waals surface area (Å²) in [7, 11) is 0. The van der Waals surface area contributed by atoms with Crippen molar-refractivity contribution >= 4 is 40.3 Å². The van der Waals surface area contributed by atoms with E-state index in [1.807, 2.05) is 62.6 Å². The first-order valence-electron chi connectivity index (χ1n) is 9.10. The number of fused-ring (bicyclic) bond motifs is 1. The topological polar surface area (TPSA) is 68.5 Å². The number of benzene rings is 2. The maximum Gasteiger partial charge on any atom is 0.375 e. The molecule has 3 rings (SSSR count). The molecule has 2 aromatic carbocycles. The molecule has 0 bridgehead atoms. The Balaban J connectivity index is 1.72. The Morgan fingerprint density at radius 2 is 1.93 bits per heavy atom. The molecule has 0 saturated carbocycles. The number of esters is 1. The maximum atomic E-state index is 12.6. The van der Waals surface area contributed by atoms with E-state index >= 15 is 0 Å². The third-order valence-electron chi connectivity index (χ3n) is 4.51. The van der Waals surface area contributed by atoms with Crippen LogP contribution in [0.1, 0.15) is 34.2 Å². The molecule has 1 N–H and O–H groups in total. The predicted molar refractivity (Wildman–Crippen MR) is 113 cm³/mol. The summed E-state index contributed by atoms with van der Waals surface area (Å²) in [5.41, 5.74) is 4.21. The summed E-state index contributed by atoms with van der Waals surface area (Å²) in [6.45, 7) is 3.59. The van der Waals surface area contributed by atoms with Gasteiger partial charge in [0.2, 0.25) is 5.76 Å². The van der Waals surface area contributed by atoms with Gasteiger partial charge in [-0.25, -0.2) is 4.79 Å². The molecule has 5 nitrogen and oxygen atoms in total. The molecule has 0 unspecified atom stereocenters. The summed E-state index contributed by atoms with van der Waals surface area (Å²) >= 11 is 1.59. The number of carbonyl (C=O) groups excluding carboxylic acids is 2. The third kappa shape index (κ3) is 4.22. The van der Waals surface area contributed by atoms with E-state index in [-0.39, 0.29) is 18.3 Å². The molecule has 0 saturated heterocycles. The second-order valence-electron chi connectivity index (χ2n) is 6.43. The smallest absolute Gasteiger partial charge is 0.375 e. The average Bonchev–Trinajstić information content (AvgIpc) is 3.07. The van der Waals surface area contributed by atoms with Crippen molar-refractivity contribution in [2.45, 2.75) is 26.0 Å². The first-order chi connectivity index (χ1) is 13.5. The quantitative estimate of drug-likeness (QED) is 0.571. The Kier molecular flexibility index (Phi) is 6.41. The van der Waals surface area contributed by atoms with Gasteiger partial charge in [0.15, 0.2) is 6.61 Å². The van der Waals surface area contributed by atoms with E-state index in [2.05, 4.69) is 5.32 Å². The lowest BCUT2D eigenvalue weighted by Gasteiger charge is -2.13. The fourth-order valence-corrected chi connectivity index (χ4v) is 3.70. The number of amides is 1. The summed E-state index contributed by atoms with van der Waals surface area (Å²) in [5.74, 6) is -0.222. The summed E-state index contributed by atoms with van der Waals surface area (Å²) in [6, 6.07) is 13.3. The van der Waals surface area contributed by atoms with Crippen LogP contribution in [0.4, 0.5) is 5.69 Å². The number of rotatable bonds is 7. The molecule has 0 aliphatic carbocycles. The van der Waals surface area contributed by atoms with Crippen LogP contribution in [0.5, 0.6) is 0 Å². The minimum atomic E-state index is -0.629. The van der Waals surface area contributed by atoms with Gasteiger partial charge in [-0.15, -0.1) is 0 Å². The fraction of sp³-hybridized carbons (Fsp3) is 0.273. The van der Waals surface area contributed by atoms with Gasteiger partial charge in [0.25, 0.3) is 5.91 Å². The molecule has 1 amide bonds. The van der Waals surface area contributed by atoms with Crippen molar-refractivity contribution in [2.24, 2.45) is 0 Å². The van der Waals surface area contributed by atoms with Crippen LogP contribution in [0.2, 0.25) is 0 Å². The summed E-state index contributed by atoms with van der Waals surface area (Å²) < 4.78 is 10.9. The summed E-state index contributed by atoms with van der Waals surface area (Å²) in [5, 5.41) is 3.74. The van der Waals surface area contributed by atoms with Crippen molar-refractivity contribution in [3.63, 3.8) is 0 Å². The van der Waals surface area contributed by atoms with Crippen molar-refractivity contribution in [2.75, 3.05) is 18.2 Å². The second kappa shape index (κ2) is 8.97. The number of para-hydroxylation sites is 2. The lowest BCUT2D eigenvalue weighted by molar-refractivity contribution is -0.119. The highest BCUT2D eigenvalue weighted by atomic mass is 32.2. The number of carbonyl (C=O) groups is 2. The molecule has 146 valence electrons. The van der Waals surface area contributed by atoms with Crippen LogP contribution in [-0.4, -0.2) is 24.7 Å². The molecular formula is C22H23NO4S. The molecular weight excluding hydrogens is 374 g/mol. The summed E-state index contributed by atoms with van der Waals surface area (Å²) in [4.78, 5) is 24.9. The molecule has 1 aromatic heterocycles. The van der Waals surface area contributed by atoms with Crippen LogP contribution in [0.15, 0.2) is 46.9 Å². The lowest BCUT2D eigenvalue weighted by Crippen LogP contribution is -2.22. The largest absolute Gasteiger partial charge is 0.450 e. The number of anilines is 1. The minimum Gasteiger partial charge on any atom is -0.450 e. The van der Waals surface area contributed by atoms with E-state index in [1.165, 1.54) is 0 Å². The number of hydrogen-bond acceptors (Lipinski definition) is 5. The number of furan rings is 1. The van der Waals surface area contributed by atoms with Crippen molar-refractivity contribution in [1.82, 2.24) is 0 Å². The highest BCUT2D eigenvalue weighted by Gasteiger charge is 2.22. The zero-order chi connectivity index (χ0) is 20.1. The van der Waals surface area contributed by atoms with Gasteiger partial charge in [-0.3, -0.25) is 4.79 Å². The maximum absolute atomic E-state index is 12.6. The van der Waals surface area contributed by atoms with E-state index in [0.29, 0.717) is 11.3 Å². The second-order valence-corrected chi connectivity index (χ2v) is 7.29. The number of thioether (sulfide) groups is 1. The monoisotopic (exact) mass is 397 g/mol. The Hall–Kier alpha value is -2.73. The molecule has 6 heteroatoms. The van der Waals surface area contributed by atoms with E-state index in [0.717, 1.165) is 34.2 Å². The fourth-order valence-electron chi connectivity index (χ4n) is 3.13. The molecule has 0 fully saturated rings. The van der Waals surface area contributed by atoms with Crippen LogP contribution in [0.25, 0.3) is 11.0 Å². The molecule has 1 heterocycles. The molecule has 28 heavy (non-hydrogen) atoms. The SMILES string of the molecule is CCc1cccc(C)c1NC(=O)COC(=O)c1oc2ccccc2c1CSC. The Morgan fingerprint density at radius 3 is 2.68 bits per heavy atom.